The summed E-state index contributed by atoms with van der Waals surface area (Å²) in [6.45, 7) is 6.34. The number of carbonyl (C=O) groups is 2. The summed E-state index contributed by atoms with van der Waals surface area (Å²) in [5.41, 5.74) is 0.397. The SMILES string of the molecule is CC(=O)O[C@H]1CC[C@@H]2[C@H]3CC[C@H]4CCC(=O)C[C@]4(C)[C@@H]3CC[C@]12C. The van der Waals surface area contributed by atoms with Gasteiger partial charge >= 0.3 is 5.97 Å². The predicted molar refractivity (Wildman–Crippen MR) is 92.3 cm³/mol. The van der Waals surface area contributed by atoms with Crippen molar-refractivity contribution in [3.63, 3.8) is 0 Å². The van der Waals surface area contributed by atoms with E-state index < -0.39 is 0 Å². The maximum absolute atomic E-state index is 12.2. The third-order valence-electron chi connectivity index (χ3n) is 8.64. The second-order valence-corrected chi connectivity index (χ2v) is 9.63. The van der Waals surface area contributed by atoms with E-state index in [-0.39, 0.29) is 22.9 Å². The molecule has 0 aliphatic heterocycles. The highest BCUT2D eigenvalue weighted by atomic mass is 16.5. The van der Waals surface area contributed by atoms with Crippen LogP contribution < -0.4 is 0 Å². The predicted octanol–water partition coefficient (Wildman–Crippen LogP) is 4.53. The molecule has 4 aliphatic carbocycles. The molecular weight excluding hydrogens is 300 g/mol. The fraction of sp³-hybridized carbons (Fsp3) is 0.905. The Morgan fingerprint density at radius 1 is 1.00 bits per heavy atom. The summed E-state index contributed by atoms with van der Waals surface area (Å²) < 4.78 is 5.72. The van der Waals surface area contributed by atoms with Crippen LogP contribution in [0.1, 0.15) is 78.6 Å². The molecule has 134 valence electrons. The molecule has 7 atom stereocenters. The Balaban J connectivity index is 1.60. The van der Waals surface area contributed by atoms with Crippen molar-refractivity contribution in [3.05, 3.63) is 0 Å². The molecule has 4 aliphatic rings. The van der Waals surface area contributed by atoms with E-state index in [9.17, 15) is 9.59 Å². The second kappa shape index (κ2) is 5.57. The van der Waals surface area contributed by atoms with Crippen molar-refractivity contribution in [3.8, 4) is 0 Å². The Morgan fingerprint density at radius 3 is 2.50 bits per heavy atom. The molecule has 3 nitrogen and oxygen atoms in total. The molecule has 0 aromatic carbocycles. The molecule has 0 amide bonds. The van der Waals surface area contributed by atoms with Crippen LogP contribution in [0.3, 0.4) is 0 Å². The molecule has 0 bridgehead atoms. The fourth-order valence-corrected chi connectivity index (χ4v) is 7.48. The molecule has 24 heavy (non-hydrogen) atoms. The van der Waals surface area contributed by atoms with Gasteiger partial charge in [0.2, 0.25) is 0 Å². The molecule has 0 spiro atoms. The molecule has 4 saturated carbocycles. The summed E-state index contributed by atoms with van der Waals surface area (Å²) in [5.74, 6) is 3.23. The lowest BCUT2D eigenvalue weighted by Crippen LogP contribution is -2.54. The Morgan fingerprint density at radius 2 is 1.75 bits per heavy atom. The van der Waals surface area contributed by atoms with E-state index in [4.69, 9.17) is 4.74 Å². The van der Waals surface area contributed by atoms with E-state index >= 15 is 0 Å². The highest BCUT2D eigenvalue weighted by molar-refractivity contribution is 5.80. The van der Waals surface area contributed by atoms with Crippen LogP contribution in [0.5, 0.6) is 0 Å². The first-order valence-corrected chi connectivity index (χ1v) is 10.0. The standard InChI is InChI=1S/C21H32O3/c1-13(22)24-19-9-8-17-16-7-5-14-4-6-15(23)12-21(14,3)18(16)10-11-20(17,19)2/h14,16-19H,4-12H2,1-3H3/t14-,16-,17-,18-,19+,20+,21+/m1/s1. The molecule has 4 rings (SSSR count). The molecule has 0 radical (unpaired) electrons. The molecule has 0 unspecified atom stereocenters. The Hall–Kier alpha value is -0.860. The lowest BCUT2D eigenvalue weighted by molar-refractivity contribution is -0.163. The number of fused-ring (bicyclic) bond motifs is 5. The zero-order valence-electron chi connectivity index (χ0n) is 15.5. The summed E-state index contributed by atoms with van der Waals surface area (Å²) in [7, 11) is 0. The molecular formula is C21H32O3. The maximum atomic E-state index is 12.2. The molecule has 3 heteroatoms. The zero-order valence-corrected chi connectivity index (χ0v) is 15.5. The number of rotatable bonds is 1. The van der Waals surface area contributed by atoms with E-state index in [1.165, 1.54) is 25.7 Å². The number of Topliss-reactive ketones (excluding diaryl/α,β-unsaturated/α-hetero) is 1. The second-order valence-electron chi connectivity index (χ2n) is 9.63. The van der Waals surface area contributed by atoms with Gasteiger partial charge in [-0.05, 0) is 74.0 Å². The van der Waals surface area contributed by atoms with Gasteiger partial charge in [0.15, 0.2) is 0 Å². The lowest BCUT2D eigenvalue weighted by atomic mass is 9.45. The van der Waals surface area contributed by atoms with Gasteiger partial charge in [-0.25, -0.2) is 0 Å². The first-order valence-electron chi connectivity index (χ1n) is 10.0. The van der Waals surface area contributed by atoms with Crippen LogP contribution in [-0.2, 0) is 14.3 Å². The summed E-state index contributed by atoms with van der Waals surface area (Å²) in [6.07, 6.45) is 10.1. The Labute approximate surface area is 145 Å². The van der Waals surface area contributed by atoms with Crippen molar-refractivity contribution in [1.29, 1.82) is 0 Å². The van der Waals surface area contributed by atoms with Crippen molar-refractivity contribution in [2.24, 2.45) is 34.5 Å². The van der Waals surface area contributed by atoms with Crippen molar-refractivity contribution in [2.75, 3.05) is 0 Å². The van der Waals surface area contributed by atoms with Crippen LogP contribution in [0.15, 0.2) is 0 Å². The smallest absolute Gasteiger partial charge is 0.302 e. The van der Waals surface area contributed by atoms with Crippen LogP contribution >= 0.6 is 0 Å². The van der Waals surface area contributed by atoms with Crippen molar-refractivity contribution in [2.45, 2.75) is 84.7 Å². The van der Waals surface area contributed by atoms with Gasteiger partial charge in [0.25, 0.3) is 0 Å². The van der Waals surface area contributed by atoms with Crippen molar-refractivity contribution < 1.29 is 14.3 Å². The van der Waals surface area contributed by atoms with Gasteiger partial charge in [-0.1, -0.05) is 13.8 Å². The minimum atomic E-state index is -0.127. The van der Waals surface area contributed by atoms with Gasteiger partial charge < -0.3 is 4.74 Å². The highest BCUT2D eigenvalue weighted by Crippen LogP contribution is 2.66. The van der Waals surface area contributed by atoms with Crippen LogP contribution in [0.25, 0.3) is 0 Å². The normalized spacial score (nSPS) is 50.6. The Kier molecular flexibility index (Phi) is 3.85. The summed E-state index contributed by atoms with van der Waals surface area (Å²) in [6, 6.07) is 0. The average Bonchev–Trinajstić information content (AvgIpc) is 2.82. The number of ketones is 1. The molecule has 0 aromatic heterocycles. The maximum Gasteiger partial charge on any atom is 0.302 e. The van der Waals surface area contributed by atoms with E-state index in [2.05, 4.69) is 13.8 Å². The quantitative estimate of drug-likeness (QED) is 0.663. The van der Waals surface area contributed by atoms with Crippen LogP contribution in [0.4, 0.5) is 0 Å². The minimum absolute atomic E-state index is 0.111. The molecule has 0 saturated heterocycles. The number of ether oxygens (including phenoxy) is 1. The van der Waals surface area contributed by atoms with Gasteiger partial charge in [-0.15, -0.1) is 0 Å². The minimum Gasteiger partial charge on any atom is -0.462 e. The Bertz CT molecular complexity index is 555. The van der Waals surface area contributed by atoms with Gasteiger partial charge in [-0.3, -0.25) is 9.59 Å². The zero-order chi connectivity index (χ0) is 17.1. The number of hydrogen-bond acceptors (Lipinski definition) is 3. The van der Waals surface area contributed by atoms with Crippen LogP contribution in [0.2, 0.25) is 0 Å². The van der Waals surface area contributed by atoms with Crippen molar-refractivity contribution in [1.82, 2.24) is 0 Å². The number of esters is 1. The topological polar surface area (TPSA) is 43.4 Å². The van der Waals surface area contributed by atoms with E-state index in [0.29, 0.717) is 17.6 Å². The van der Waals surface area contributed by atoms with E-state index in [1.807, 2.05) is 0 Å². The van der Waals surface area contributed by atoms with Gasteiger partial charge in [0.1, 0.15) is 11.9 Å². The van der Waals surface area contributed by atoms with Gasteiger partial charge in [-0.2, -0.15) is 0 Å². The van der Waals surface area contributed by atoms with E-state index in [0.717, 1.165) is 43.9 Å². The fourth-order valence-electron chi connectivity index (χ4n) is 7.48. The third-order valence-corrected chi connectivity index (χ3v) is 8.64. The monoisotopic (exact) mass is 332 g/mol. The summed E-state index contributed by atoms with van der Waals surface area (Å²) >= 11 is 0. The largest absolute Gasteiger partial charge is 0.462 e. The first kappa shape index (κ1) is 16.6. The molecule has 4 fully saturated rings. The van der Waals surface area contributed by atoms with Gasteiger partial charge in [0, 0.05) is 25.2 Å². The van der Waals surface area contributed by atoms with Crippen molar-refractivity contribution >= 4 is 11.8 Å². The highest BCUT2D eigenvalue weighted by Gasteiger charge is 2.61. The summed E-state index contributed by atoms with van der Waals surface area (Å²) in [4.78, 5) is 23.7. The number of hydrogen-bond donors (Lipinski definition) is 0. The molecule has 0 heterocycles. The third kappa shape index (κ3) is 2.29. The molecule has 0 aromatic rings. The van der Waals surface area contributed by atoms with Crippen LogP contribution in [0, 0.1) is 34.5 Å². The summed E-state index contributed by atoms with van der Waals surface area (Å²) in [5, 5.41) is 0. The lowest BCUT2D eigenvalue weighted by Gasteiger charge is -2.59. The average molecular weight is 332 g/mol. The first-order chi connectivity index (χ1) is 11.3. The van der Waals surface area contributed by atoms with Crippen LogP contribution in [-0.4, -0.2) is 17.9 Å². The molecule has 0 N–H and O–H groups in total. The van der Waals surface area contributed by atoms with Gasteiger partial charge in [0.05, 0.1) is 0 Å². The van der Waals surface area contributed by atoms with E-state index in [1.54, 1.807) is 6.92 Å². The number of carbonyl (C=O) groups excluding carboxylic acids is 2.